The first kappa shape index (κ1) is 26.6. The molecule has 2 heterocycles. The van der Waals surface area contributed by atoms with E-state index in [-0.39, 0.29) is 55.6 Å². The van der Waals surface area contributed by atoms with Gasteiger partial charge in [-0.2, -0.15) is 13.2 Å². The quantitative estimate of drug-likeness (QED) is 0.171. The van der Waals surface area contributed by atoms with Crippen molar-refractivity contribution in [2.24, 2.45) is 4.99 Å². The molecule has 0 bridgehead atoms. The standard InChI is InChI=1S/C18H26F5N5O.HI/c1-2-24-17(27-14-5-8-28(9-6-14)12-15(19)20)25-7-10-29-16-4-3-13(11-26-16)18(21,22)23;/h3-4,11,14-15H,2,5-10,12H2,1H3,(H2,24,25,27);1H. The molecule has 0 saturated carbocycles. The Balaban J connectivity index is 0.00000450. The van der Waals surface area contributed by atoms with Crippen LogP contribution in [0.4, 0.5) is 22.0 Å². The van der Waals surface area contributed by atoms with Crippen molar-refractivity contribution < 1.29 is 26.7 Å². The Morgan fingerprint density at radius 3 is 2.53 bits per heavy atom. The summed E-state index contributed by atoms with van der Waals surface area (Å²) in [6.07, 6.45) is -4.55. The number of rotatable bonds is 8. The molecule has 0 radical (unpaired) electrons. The number of ether oxygens (including phenoxy) is 1. The predicted molar refractivity (Wildman–Crippen MR) is 115 cm³/mol. The molecular formula is C18H27F5IN5O. The Hall–Kier alpha value is -1.44. The number of pyridine rings is 1. The van der Waals surface area contributed by atoms with E-state index in [2.05, 4.69) is 20.6 Å². The van der Waals surface area contributed by atoms with Crippen LogP contribution in [0.5, 0.6) is 5.88 Å². The highest BCUT2D eigenvalue weighted by atomic mass is 127. The minimum absolute atomic E-state index is 0. The number of likely N-dealkylation sites (tertiary alicyclic amines) is 1. The number of aromatic nitrogens is 1. The van der Waals surface area contributed by atoms with Gasteiger partial charge < -0.3 is 15.4 Å². The molecule has 0 aliphatic carbocycles. The van der Waals surface area contributed by atoms with Gasteiger partial charge in [0.25, 0.3) is 6.43 Å². The molecule has 0 spiro atoms. The van der Waals surface area contributed by atoms with Gasteiger partial charge in [0.05, 0.1) is 18.7 Å². The van der Waals surface area contributed by atoms with Crippen LogP contribution in [-0.4, -0.2) is 67.6 Å². The van der Waals surface area contributed by atoms with Crippen LogP contribution in [0.25, 0.3) is 0 Å². The minimum atomic E-state index is -4.43. The number of piperidine rings is 1. The average Bonchev–Trinajstić information content (AvgIpc) is 2.66. The summed E-state index contributed by atoms with van der Waals surface area (Å²) < 4.78 is 67.7. The van der Waals surface area contributed by atoms with Crippen molar-refractivity contribution in [3.8, 4) is 5.88 Å². The first-order chi connectivity index (χ1) is 13.8. The van der Waals surface area contributed by atoms with Crippen molar-refractivity contribution in [2.75, 3.05) is 39.3 Å². The third-order valence-corrected chi connectivity index (χ3v) is 4.34. The van der Waals surface area contributed by atoms with Gasteiger partial charge in [0.1, 0.15) is 6.61 Å². The second-order valence-corrected chi connectivity index (χ2v) is 6.60. The molecule has 12 heteroatoms. The van der Waals surface area contributed by atoms with Gasteiger partial charge in [-0.1, -0.05) is 0 Å². The van der Waals surface area contributed by atoms with Crippen LogP contribution >= 0.6 is 24.0 Å². The summed E-state index contributed by atoms with van der Waals surface area (Å²) in [5.41, 5.74) is -0.832. The fourth-order valence-electron chi connectivity index (χ4n) is 2.91. The maximum absolute atomic E-state index is 12.5. The molecule has 2 N–H and O–H groups in total. The number of hydrogen-bond donors (Lipinski definition) is 2. The van der Waals surface area contributed by atoms with Crippen molar-refractivity contribution in [2.45, 2.75) is 38.4 Å². The number of guanidine groups is 1. The number of hydrogen-bond acceptors (Lipinski definition) is 4. The summed E-state index contributed by atoms with van der Waals surface area (Å²) in [4.78, 5) is 9.76. The average molecular weight is 551 g/mol. The fourth-order valence-corrected chi connectivity index (χ4v) is 2.91. The fraction of sp³-hybridized carbons (Fsp3) is 0.667. The Morgan fingerprint density at radius 1 is 1.30 bits per heavy atom. The number of aliphatic imine (C=N–C) groups is 1. The van der Waals surface area contributed by atoms with Crippen molar-refractivity contribution in [1.82, 2.24) is 20.5 Å². The van der Waals surface area contributed by atoms with Crippen LogP contribution in [0.1, 0.15) is 25.3 Å². The molecule has 1 aliphatic rings. The van der Waals surface area contributed by atoms with Crippen molar-refractivity contribution in [1.29, 1.82) is 0 Å². The third kappa shape index (κ3) is 9.58. The van der Waals surface area contributed by atoms with Crippen LogP contribution < -0.4 is 15.4 Å². The zero-order chi connectivity index (χ0) is 21.3. The maximum atomic E-state index is 12.5. The van der Waals surface area contributed by atoms with E-state index >= 15 is 0 Å². The number of nitrogens with zero attached hydrogens (tertiary/aromatic N) is 3. The topological polar surface area (TPSA) is 61.8 Å². The first-order valence-corrected chi connectivity index (χ1v) is 9.49. The van der Waals surface area contributed by atoms with Crippen LogP contribution in [-0.2, 0) is 6.18 Å². The summed E-state index contributed by atoms with van der Waals surface area (Å²) in [6.45, 7) is 4.01. The molecule has 1 aromatic heterocycles. The highest BCUT2D eigenvalue weighted by Crippen LogP contribution is 2.29. The summed E-state index contributed by atoms with van der Waals surface area (Å²) in [6, 6.07) is 2.22. The van der Waals surface area contributed by atoms with Gasteiger partial charge >= 0.3 is 6.18 Å². The molecule has 1 aliphatic heterocycles. The molecule has 30 heavy (non-hydrogen) atoms. The van der Waals surface area contributed by atoms with Crippen molar-refractivity contribution >= 4 is 29.9 Å². The SMILES string of the molecule is CCNC(=NCCOc1ccc(C(F)(F)F)cn1)NC1CCN(CC(F)F)CC1.I. The van der Waals surface area contributed by atoms with E-state index in [0.29, 0.717) is 25.6 Å². The smallest absolute Gasteiger partial charge is 0.417 e. The van der Waals surface area contributed by atoms with E-state index in [1.807, 2.05) is 6.92 Å². The number of nitrogens with one attached hydrogen (secondary N) is 2. The van der Waals surface area contributed by atoms with Gasteiger partial charge in [-0.3, -0.25) is 4.90 Å². The normalized spacial score (nSPS) is 16.3. The molecule has 1 aromatic rings. The lowest BCUT2D eigenvalue weighted by Crippen LogP contribution is -2.49. The van der Waals surface area contributed by atoms with E-state index in [1.54, 1.807) is 4.90 Å². The van der Waals surface area contributed by atoms with Gasteiger partial charge in [0.2, 0.25) is 5.88 Å². The molecule has 2 rings (SSSR count). The Morgan fingerprint density at radius 2 is 2.00 bits per heavy atom. The van der Waals surface area contributed by atoms with Gasteiger partial charge in [0.15, 0.2) is 5.96 Å². The van der Waals surface area contributed by atoms with Crippen molar-refractivity contribution in [3.05, 3.63) is 23.9 Å². The monoisotopic (exact) mass is 551 g/mol. The summed E-state index contributed by atoms with van der Waals surface area (Å²) >= 11 is 0. The highest BCUT2D eigenvalue weighted by Gasteiger charge is 2.30. The molecule has 0 amide bonds. The second-order valence-electron chi connectivity index (χ2n) is 6.60. The zero-order valence-electron chi connectivity index (χ0n) is 16.6. The largest absolute Gasteiger partial charge is 0.476 e. The van der Waals surface area contributed by atoms with Gasteiger partial charge in [0, 0.05) is 37.9 Å². The predicted octanol–water partition coefficient (Wildman–Crippen LogP) is 3.38. The van der Waals surface area contributed by atoms with Gasteiger partial charge in [-0.25, -0.2) is 18.8 Å². The second kappa shape index (κ2) is 13.1. The lowest BCUT2D eigenvalue weighted by Gasteiger charge is -2.32. The maximum Gasteiger partial charge on any atom is 0.417 e. The molecule has 0 aromatic carbocycles. The lowest BCUT2D eigenvalue weighted by molar-refractivity contribution is -0.137. The Kier molecular flexibility index (Phi) is 11.6. The molecule has 6 nitrogen and oxygen atoms in total. The van der Waals surface area contributed by atoms with E-state index in [4.69, 9.17) is 4.74 Å². The van der Waals surface area contributed by atoms with Gasteiger partial charge in [-0.15, -0.1) is 24.0 Å². The van der Waals surface area contributed by atoms with Crippen LogP contribution in [0.3, 0.4) is 0 Å². The van der Waals surface area contributed by atoms with E-state index in [0.717, 1.165) is 25.1 Å². The summed E-state index contributed by atoms with van der Waals surface area (Å²) in [5.74, 6) is 0.682. The third-order valence-electron chi connectivity index (χ3n) is 4.34. The summed E-state index contributed by atoms with van der Waals surface area (Å²) in [7, 11) is 0. The van der Waals surface area contributed by atoms with Gasteiger partial charge in [-0.05, 0) is 25.8 Å². The Bertz CT molecular complexity index is 637. The molecule has 172 valence electrons. The molecular weight excluding hydrogens is 524 g/mol. The van der Waals surface area contributed by atoms with E-state index < -0.39 is 18.2 Å². The molecule has 1 fully saturated rings. The van der Waals surface area contributed by atoms with Crippen LogP contribution in [0.2, 0.25) is 0 Å². The molecule has 0 unspecified atom stereocenters. The highest BCUT2D eigenvalue weighted by molar-refractivity contribution is 14.0. The van der Waals surface area contributed by atoms with E-state index in [1.165, 1.54) is 6.07 Å². The van der Waals surface area contributed by atoms with E-state index in [9.17, 15) is 22.0 Å². The Labute approximate surface area is 189 Å². The van der Waals surface area contributed by atoms with Crippen LogP contribution in [0.15, 0.2) is 23.3 Å². The van der Waals surface area contributed by atoms with Crippen LogP contribution in [0, 0.1) is 0 Å². The molecule has 1 saturated heterocycles. The zero-order valence-corrected chi connectivity index (χ0v) is 18.9. The van der Waals surface area contributed by atoms with Crippen molar-refractivity contribution in [3.63, 3.8) is 0 Å². The first-order valence-electron chi connectivity index (χ1n) is 9.49. The minimum Gasteiger partial charge on any atom is -0.476 e. The number of halogens is 6. The lowest BCUT2D eigenvalue weighted by atomic mass is 10.1. The molecule has 0 atom stereocenters. The number of alkyl halides is 5. The summed E-state index contributed by atoms with van der Waals surface area (Å²) in [5, 5.41) is 6.39.